The molecule has 0 aromatic carbocycles. The van der Waals surface area contributed by atoms with Crippen molar-refractivity contribution in [1.29, 1.82) is 5.26 Å². The molecule has 5 nitrogen and oxygen atoms in total. The minimum absolute atomic E-state index is 0.118. The third kappa shape index (κ3) is 4.61. The van der Waals surface area contributed by atoms with Crippen LogP contribution in [-0.2, 0) is 14.3 Å². The second-order valence-electron chi connectivity index (χ2n) is 5.83. The van der Waals surface area contributed by atoms with Crippen molar-refractivity contribution in [2.75, 3.05) is 13.2 Å². The van der Waals surface area contributed by atoms with Crippen molar-refractivity contribution in [2.45, 2.75) is 51.0 Å². The Morgan fingerprint density at radius 3 is 2.50 bits per heavy atom. The smallest absolute Gasteiger partial charge is 0.245 e. The van der Waals surface area contributed by atoms with Crippen LogP contribution in [0.4, 0.5) is 0 Å². The number of rotatable bonds is 7. The molecule has 0 aromatic heterocycles. The maximum Gasteiger partial charge on any atom is 0.245 e. The topological polar surface area (TPSA) is 79.2 Å². The fourth-order valence-corrected chi connectivity index (χ4v) is 2.50. The predicted molar refractivity (Wildman–Crippen MR) is 72.7 cm³/mol. The van der Waals surface area contributed by atoms with Crippen LogP contribution in [0.3, 0.4) is 0 Å². The molecule has 2 rings (SSSR count). The van der Waals surface area contributed by atoms with Gasteiger partial charge in [0.25, 0.3) is 0 Å². The van der Waals surface area contributed by atoms with Crippen molar-refractivity contribution in [2.24, 2.45) is 11.8 Å². The predicted octanol–water partition coefficient (Wildman–Crippen LogP) is 1.57. The Kier molecular flexibility index (Phi) is 5.54. The molecule has 2 fully saturated rings. The standard InChI is InChI=1S/C15H22N2O3/c16-8-13(14(18)10-20-9-11-6-7-11)15(19)17-12-4-2-1-3-5-12/h11-13H,1-7,9-10H2,(H,17,19). The van der Waals surface area contributed by atoms with E-state index >= 15 is 0 Å². The molecule has 110 valence electrons. The Morgan fingerprint density at radius 2 is 1.90 bits per heavy atom. The molecule has 1 atom stereocenters. The molecule has 1 N–H and O–H groups in total. The van der Waals surface area contributed by atoms with E-state index in [9.17, 15) is 9.59 Å². The van der Waals surface area contributed by atoms with Crippen molar-refractivity contribution in [3.05, 3.63) is 0 Å². The number of ketones is 1. The molecular formula is C15H22N2O3. The van der Waals surface area contributed by atoms with Gasteiger partial charge in [0, 0.05) is 12.6 Å². The highest BCUT2D eigenvalue weighted by molar-refractivity contribution is 6.04. The second kappa shape index (κ2) is 7.39. The summed E-state index contributed by atoms with van der Waals surface area (Å²) in [5.74, 6) is -1.54. The minimum Gasteiger partial charge on any atom is -0.373 e. The zero-order chi connectivity index (χ0) is 14.4. The Balaban J connectivity index is 1.74. The summed E-state index contributed by atoms with van der Waals surface area (Å²) in [6.45, 7) is 0.431. The summed E-state index contributed by atoms with van der Waals surface area (Å²) in [4.78, 5) is 23.8. The first-order valence-electron chi connectivity index (χ1n) is 7.51. The molecule has 2 saturated carbocycles. The average molecular weight is 278 g/mol. The molecule has 0 bridgehead atoms. The summed E-state index contributed by atoms with van der Waals surface area (Å²) < 4.78 is 5.26. The van der Waals surface area contributed by atoms with Gasteiger partial charge < -0.3 is 10.1 Å². The van der Waals surface area contributed by atoms with Gasteiger partial charge in [-0.1, -0.05) is 19.3 Å². The molecule has 0 spiro atoms. The van der Waals surface area contributed by atoms with Gasteiger partial charge in [0.15, 0.2) is 11.7 Å². The molecule has 0 aromatic rings. The molecule has 20 heavy (non-hydrogen) atoms. The van der Waals surface area contributed by atoms with E-state index in [1.54, 1.807) is 6.07 Å². The molecular weight excluding hydrogens is 256 g/mol. The molecule has 2 aliphatic rings. The lowest BCUT2D eigenvalue weighted by atomic mass is 9.94. The molecule has 0 radical (unpaired) electrons. The highest BCUT2D eigenvalue weighted by atomic mass is 16.5. The van der Waals surface area contributed by atoms with Gasteiger partial charge in [-0.25, -0.2) is 0 Å². The van der Waals surface area contributed by atoms with Crippen LogP contribution in [-0.4, -0.2) is 30.9 Å². The van der Waals surface area contributed by atoms with Crippen molar-refractivity contribution in [3.63, 3.8) is 0 Å². The summed E-state index contributed by atoms with van der Waals surface area (Å²) in [7, 11) is 0. The minimum atomic E-state index is -1.23. The van der Waals surface area contributed by atoms with Gasteiger partial charge in [-0.05, 0) is 31.6 Å². The largest absolute Gasteiger partial charge is 0.373 e. The summed E-state index contributed by atoms with van der Waals surface area (Å²) in [5, 5.41) is 11.9. The average Bonchev–Trinajstić information content (AvgIpc) is 3.25. The van der Waals surface area contributed by atoms with Crippen LogP contribution < -0.4 is 5.32 Å². The lowest BCUT2D eigenvalue weighted by molar-refractivity contribution is -0.134. The van der Waals surface area contributed by atoms with Crippen LogP contribution in [0.15, 0.2) is 0 Å². The van der Waals surface area contributed by atoms with Gasteiger partial charge in [0.2, 0.25) is 5.91 Å². The molecule has 0 aliphatic heterocycles. The van der Waals surface area contributed by atoms with Crippen LogP contribution in [0.5, 0.6) is 0 Å². The normalized spacial score (nSPS) is 20.9. The van der Waals surface area contributed by atoms with Crippen molar-refractivity contribution in [1.82, 2.24) is 5.32 Å². The number of nitrogens with one attached hydrogen (secondary N) is 1. The van der Waals surface area contributed by atoms with Crippen molar-refractivity contribution in [3.8, 4) is 6.07 Å². The number of nitriles is 1. The van der Waals surface area contributed by atoms with E-state index < -0.39 is 17.6 Å². The summed E-state index contributed by atoms with van der Waals surface area (Å²) in [6, 6.07) is 1.92. The van der Waals surface area contributed by atoms with E-state index in [0.29, 0.717) is 12.5 Å². The molecule has 1 amide bonds. The second-order valence-corrected chi connectivity index (χ2v) is 5.83. The SMILES string of the molecule is N#CC(C(=O)COCC1CC1)C(=O)NC1CCCCC1. The van der Waals surface area contributed by atoms with Crippen LogP contribution in [0.25, 0.3) is 0 Å². The van der Waals surface area contributed by atoms with E-state index in [1.165, 1.54) is 6.42 Å². The number of nitrogens with zero attached hydrogens (tertiary/aromatic N) is 1. The third-order valence-corrected chi connectivity index (χ3v) is 3.96. The zero-order valence-corrected chi connectivity index (χ0v) is 11.8. The number of carbonyl (C=O) groups is 2. The van der Waals surface area contributed by atoms with Crippen LogP contribution in [0.2, 0.25) is 0 Å². The van der Waals surface area contributed by atoms with E-state index in [2.05, 4.69) is 5.32 Å². The molecule has 2 aliphatic carbocycles. The van der Waals surface area contributed by atoms with E-state index in [-0.39, 0.29) is 12.6 Å². The van der Waals surface area contributed by atoms with Gasteiger partial charge in [-0.3, -0.25) is 9.59 Å². The van der Waals surface area contributed by atoms with Gasteiger partial charge in [0.05, 0.1) is 6.07 Å². The summed E-state index contributed by atoms with van der Waals surface area (Å²) >= 11 is 0. The zero-order valence-electron chi connectivity index (χ0n) is 11.8. The van der Waals surface area contributed by atoms with Gasteiger partial charge in [-0.15, -0.1) is 0 Å². The van der Waals surface area contributed by atoms with E-state index in [1.807, 2.05) is 0 Å². The fraction of sp³-hybridized carbons (Fsp3) is 0.800. The maximum atomic E-state index is 12.0. The summed E-state index contributed by atoms with van der Waals surface area (Å²) in [5.41, 5.74) is 0. The summed E-state index contributed by atoms with van der Waals surface area (Å²) in [6.07, 6.45) is 7.58. The molecule has 0 saturated heterocycles. The quantitative estimate of drug-likeness (QED) is 0.717. The van der Waals surface area contributed by atoms with Crippen molar-refractivity contribution < 1.29 is 14.3 Å². The highest BCUT2D eigenvalue weighted by Crippen LogP contribution is 2.28. The first kappa shape index (κ1) is 15.0. The lowest BCUT2D eigenvalue weighted by Gasteiger charge is -2.23. The van der Waals surface area contributed by atoms with Gasteiger partial charge >= 0.3 is 0 Å². The Bertz CT molecular complexity index is 392. The number of ether oxygens (including phenoxy) is 1. The van der Waals surface area contributed by atoms with Crippen LogP contribution >= 0.6 is 0 Å². The Morgan fingerprint density at radius 1 is 1.20 bits per heavy atom. The molecule has 5 heteroatoms. The maximum absolute atomic E-state index is 12.0. The van der Waals surface area contributed by atoms with E-state index in [4.69, 9.17) is 10.00 Å². The number of hydrogen-bond donors (Lipinski definition) is 1. The third-order valence-electron chi connectivity index (χ3n) is 3.96. The number of Topliss-reactive ketones (excluding diaryl/α,β-unsaturated/α-hetero) is 1. The number of hydrogen-bond acceptors (Lipinski definition) is 4. The first-order chi connectivity index (χ1) is 9.70. The van der Waals surface area contributed by atoms with Gasteiger partial charge in [-0.2, -0.15) is 5.26 Å². The molecule has 1 unspecified atom stereocenters. The number of carbonyl (C=O) groups excluding carboxylic acids is 2. The number of amides is 1. The molecule has 0 heterocycles. The van der Waals surface area contributed by atoms with Crippen LogP contribution in [0.1, 0.15) is 44.9 Å². The lowest BCUT2D eigenvalue weighted by Crippen LogP contribution is -2.42. The Labute approximate surface area is 119 Å². The highest BCUT2D eigenvalue weighted by Gasteiger charge is 2.29. The van der Waals surface area contributed by atoms with Crippen LogP contribution in [0, 0.1) is 23.2 Å². The Hall–Kier alpha value is -1.41. The van der Waals surface area contributed by atoms with Gasteiger partial charge in [0.1, 0.15) is 6.61 Å². The fourth-order valence-electron chi connectivity index (χ4n) is 2.50. The van der Waals surface area contributed by atoms with E-state index in [0.717, 1.165) is 38.5 Å². The first-order valence-corrected chi connectivity index (χ1v) is 7.51. The monoisotopic (exact) mass is 278 g/mol. The van der Waals surface area contributed by atoms with Crippen molar-refractivity contribution >= 4 is 11.7 Å².